The predicted octanol–water partition coefficient (Wildman–Crippen LogP) is 4.76. The Morgan fingerprint density at radius 3 is 2.57 bits per heavy atom. The second-order valence-electron chi connectivity index (χ2n) is 5.13. The summed E-state index contributed by atoms with van der Waals surface area (Å²) in [6, 6.07) is 5.90. The van der Waals surface area contributed by atoms with Crippen LogP contribution in [0.5, 0.6) is 0 Å². The van der Waals surface area contributed by atoms with Crippen LogP contribution in [0.15, 0.2) is 24.3 Å². The van der Waals surface area contributed by atoms with Crippen LogP contribution >= 0.6 is 11.8 Å². The number of halogens is 3. The zero-order valence-electron chi connectivity index (χ0n) is 12.7. The molecule has 0 fully saturated rings. The third kappa shape index (κ3) is 7.23. The Morgan fingerprint density at radius 2 is 1.95 bits per heavy atom. The second kappa shape index (κ2) is 9.36. The maximum Gasteiger partial charge on any atom is 0.416 e. The first-order chi connectivity index (χ1) is 9.97. The molecule has 0 saturated heterocycles. The molecule has 1 N–H and O–H groups in total. The van der Waals surface area contributed by atoms with Gasteiger partial charge in [0.05, 0.1) is 5.56 Å². The van der Waals surface area contributed by atoms with Crippen LogP contribution in [0.2, 0.25) is 0 Å². The summed E-state index contributed by atoms with van der Waals surface area (Å²) in [5.41, 5.74) is 0.186. The van der Waals surface area contributed by atoms with Gasteiger partial charge in [0.2, 0.25) is 0 Å². The molecule has 5 heteroatoms. The summed E-state index contributed by atoms with van der Waals surface area (Å²) in [5.74, 6) is 2.02. The summed E-state index contributed by atoms with van der Waals surface area (Å²) >= 11 is 1.86. The van der Waals surface area contributed by atoms with Crippen LogP contribution in [0.25, 0.3) is 0 Å². The average Bonchev–Trinajstić information content (AvgIpc) is 2.44. The maximum atomic E-state index is 12.7. The molecule has 0 bridgehead atoms. The zero-order valence-corrected chi connectivity index (χ0v) is 13.5. The van der Waals surface area contributed by atoms with E-state index in [9.17, 15) is 13.2 Å². The van der Waals surface area contributed by atoms with Gasteiger partial charge in [-0.2, -0.15) is 24.9 Å². The van der Waals surface area contributed by atoms with Crippen molar-refractivity contribution in [2.75, 3.05) is 18.1 Å². The van der Waals surface area contributed by atoms with E-state index in [-0.39, 0.29) is 6.04 Å². The summed E-state index contributed by atoms with van der Waals surface area (Å²) in [4.78, 5) is 0. The van der Waals surface area contributed by atoms with Crippen molar-refractivity contribution in [1.82, 2.24) is 5.32 Å². The van der Waals surface area contributed by atoms with E-state index in [0.717, 1.165) is 42.5 Å². The third-order valence-electron chi connectivity index (χ3n) is 3.09. The van der Waals surface area contributed by atoms with Crippen LogP contribution in [-0.2, 0) is 12.6 Å². The fourth-order valence-corrected chi connectivity index (χ4v) is 3.04. The Kier molecular flexibility index (Phi) is 8.19. The first kappa shape index (κ1) is 18.4. The Bertz CT molecular complexity index is 407. The maximum absolute atomic E-state index is 12.7. The van der Waals surface area contributed by atoms with Crippen molar-refractivity contribution in [3.05, 3.63) is 35.4 Å². The molecule has 0 saturated carbocycles. The van der Waals surface area contributed by atoms with Gasteiger partial charge in [-0.15, -0.1) is 0 Å². The number of benzene rings is 1. The minimum absolute atomic E-state index is 0.227. The third-order valence-corrected chi connectivity index (χ3v) is 4.42. The Balaban J connectivity index is 2.68. The molecular weight excluding hydrogens is 295 g/mol. The van der Waals surface area contributed by atoms with Crippen molar-refractivity contribution in [2.45, 2.75) is 45.3 Å². The van der Waals surface area contributed by atoms with Gasteiger partial charge in [0.25, 0.3) is 0 Å². The molecule has 1 rings (SSSR count). The van der Waals surface area contributed by atoms with E-state index in [4.69, 9.17) is 0 Å². The molecule has 21 heavy (non-hydrogen) atoms. The molecule has 0 radical (unpaired) electrons. The summed E-state index contributed by atoms with van der Waals surface area (Å²) in [6.45, 7) is 5.12. The Hall–Kier alpha value is -0.680. The van der Waals surface area contributed by atoms with E-state index in [1.54, 1.807) is 6.07 Å². The molecule has 0 aliphatic rings. The Labute approximate surface area is 129 Å². The van der Waals surface area contributed by atoms with Crippen molar-refractivity contribution in [1.29, 1.82) is 0 Å². The van der Waals surface area contributed by atoms with E-state index in [0.29, 0.717) is 6.42 Å². The van der Waals surface area contributed by atoms with Crippen LogP contribution in [0, 0.1) is 0 Å². The molecule has 1 unspecified atom stereocenters. The quantitative estimate of drug-likeness (QED) is 0.659. The molecule has 0 heterocycles. The SMILES string of the molecule is CCCNC(CSCCC)Cc1cccc(C(F)(F)F)c1. The topological polar surface area (TPSA) is 12.0 Å². The van der Waals surface area contributed by atoms with Crippen LogP contribution in [-0.4, -0.2) is 24.1 Å². The molecule has 120 valence electrons. The molecule has 1 nitrogen and oxygen atoms in total. The van der Waals surface area contributed by atoms with Gasteiger partial charge in [-0.05, 0) is 43.2 Å². The highest BCUT2D eigenvalue weighted by molar-refractivity contribution is 7.99. The van der Waals surface area contributed by atoms with Gasteiger partial charge in [0.1, 0.15) is 0 Å². The number of hydrogen-bond acceptors (Lipinski definition) is 2. The summed E-state index contributed by atoms with van der Waals surface area (Å²) in [7, 11) is 0. The van der Waals surface area contributed by atoms with E-state index in [1.165, 1.54) is 12.1 Å². The lowest BCUT2D eigenvalue weighted by molar-refractivity contribution is -0.137. The number of hydrogen-bond donors (Lipinski definition) is 1. The van der Waals surface area contributed by atoms with Crippen LogP contribution in [0.1, 0.15) is 37.8 Å². The van der Waals surface area contributed by atoms with Crippen molar-refractivity contribution < 1.29 is 13.2 Å². The molecule has 0 aliphatic heterocycles. The molecule has 0 amide bonds. The zero-order chi connectivity index (χ0) is 15.7. The van der Waals surface area contributed by atoms with Crippen LogP contribution in [0.4, 0.5) is 13.2 Å². The number of nitrogens with one attached hydrogen (secondary N) is 1. The summed E-state index contributed by atoms with van der Waals surface area (Å²) < 4.78 is 38.2. The fourth-order valence-electron chi connectivity index (χ4n) is 2.07. The minimum atomic E-state index is -4.26. The highest BCUT2D eigenvalue weighted by Crippen LogP contribution is 2.29. The van der Waals surface area contributed by atoms with Gasteiger partial charge in [-0.1, -0.05) is 32.0 Å². The van der Waals surface area contributed by atoms with Gasteiger partial charge in [0.15, 0.2) is 0 Å². The average molecular weight is 319 g/mol. The standard InChI is InChI=1S/C16H24F3NS/c1-3-8-20-15(12-21-9-4-2)11-13-6-5-7-14(10-13)16(17,18)19/h5-7,10,15,20H,3-4,8-9,11-12H2,1-2H3. The first-order valence-corrected chi connectivity index (χ1v) is 8.60. The normalized spacial score (nSPS) is 13.4. The lowest BCUT2D eigenvalue weighted by Gasteiger charge is -2.19. The van der Waals surface area contributed by atoms with Crippen LogP contribution in [0.3, 0.4) is 0 Å². The predicted molar refractivity (Wildman–Crippen MR) is 84.8 cm³/mol. The first-order valence-electron chi connectivity index (χ1n) is 7.44. The van der Waals surface area contributed by atoms with Crippen molar-refractivity contribution in [2.24, 2.45) is 0 Å². The largest absolute Gasteiger partial charge is 0.416 e. The van der Waals surface area contributed by atoms with Gasteiger partial charge in [0, 0.05) is 11.8 Å². The molecule has 1 aromatic rings. The van der Waals surface area contributed by atoms with E-state index in [2.05, 4.69) is 19.2 Å². The van der Waals surface area contributed by atoms with Gasteiger partial charge >= 0.3 is 6.18 Å². The highest BCUT2D eigenvalue weighted by Gasteiger charge is 2.30. The summed E-state index contributed by atoms with van der Waals surface area (Å²) in [5, 5.41) is 3.43. The molecular formula is C16H24F3NS. The van der Waals surface area contributed by atoms with Crippen molar-refractivity contribution >= 4 is 11.8 Å². The van der Waals surface area contributed by atoms with Gasteiger partial charge in [-0.25, -0.2) is 0 Å². The highest BCUT2D eigenvalue weighted by atomic mass is 32.2. The summed E-state index contributed by atoms with van der Waals surface area (Å²) in [6.07, 6.45) is -1.48. The lowest BCUT2D eigenvalue weighted by Crippen LogP contribution is -2.34. The number of thioether (sulfide) groups is 1. The molecule has 0 aliphatic carbocycles. The van der Waals surface area contributed by atoms with Crippen molar-refractivity contribution in [3.63, 3.8) is 0 Å². The Morgan fingerprint density at radius 1 is 1.19 bits per heavy atom. The van der Waals surface area contributed by atoms with E-state index in [1.807, 2.05) is 11.8 Å². The van der Waals surface area contributed by atoms with Gasteiger partial charge in [-0.3, -0.25) is 0 Å². The monoisotopic (exact) mass is 319 g/mol. The number of alkyl halides is 3. The van der Waals surface area contributed by atoms with Gasteiger partial charge < -0.3 is 5.32 Å². The minimum Gasteiger partial charge on any atom is -0.313 e. The smallest absolute Gasteiger partial charge is 0.313 e. The number of rotatable bonds is 9. The van der Waals surface area contributed by atoms with E-state index >= 15 is 0 Å². The van der Waals surface area contributed by atoms with E-state index < -0.39 is 11.7 Å². The molecule has 1 aromatic carbocycles. The molecule has 0 spiro atoms. The van der Waals surface area contributed by atoms with Crippen LogP contribution < -0.4 is 5.32 Å². The van der Waals surface area contributed by atoms with Crippen molar-refractivity contribution in [3.8, 4) is 0 Å². The molecule has 1 atom stereocenters. The fraction of sp³-hybridized carbons (Fsp3) is 0.625. The molecule has 0 aromatic heterocycles. The lowest BCUT2D eigenvalue weighted by atomic mass is 10.0. The second-order valence-corrected chi connectivity index (χ2v) is 6.28.